The van der Waals surface area contributed by atoms with Crippen molar-refractivity contribution >= 4 is 5.82 Å². The van der Waals surface area contributed by atoms with Crippen LogP contribution in [0.5, 0.6) is 11.6 Å². The van der Waals surface area contributed by atoms with Crippen LogP contribution in [0.15, 0.2) is 42.9 Å². The second kappa shape index (κ2) is 7.26. The molecule has 138 valence electrons. The first kappa shape index (κ1) is 17.3. The lowest BCUT2D eigenvalue weighted by Gasteiger charge is -2.28. The third-order valence-electron chi connectivity index (χ3n) is 4.78. The van der Waals surface area contributed by atoms with Crippen LogP contribution in [0.4, 0.5) is 14.6 Å². The molecule has 2 N–H and O–H groups in total. The highest BCUT2D eigenvalue weighted by Crippen LogP contribution is 2.44. The Morgan fingerprint density at radius 1 is 1.04 bits per heavy atom. The molecule has 3 aromatic rings. The van der Waals surface area contributed by atoms with Crippen LogP contribution >= 0.6 is 0 Å². The van der Waals surface area contributed by atoms with Crippen molar-refractivity contribution in [2.45, 2.75) is 31.9 Å². The maximum atomic E-state index is 15.4. The molecule has 0 aliphatic heterocycles. The first-order valence-corrected chi connectivity index (χ1v) is 8.74. The molecule has 1 aromatic carbocycles. The maximum Gasteiger partial charge on any atom is 0.219 e. The Morgan fingerprint density at radius 3 is 2.48 bits per heavy atom. The summed E-state index contributed by atoms with van der Waals surface area (Å²) < 4.78 is 33.8. The van der Waals surface area contributed by atoms with Gasteiger partial charge in [0.2, 0.25) is 5.88 Å². The van der Waals surface area contributed by atoms with Crippen molar-refractivity contribution in [2.24, 2.45) is 0 Å². The van der Waals surface area contributed by atoms with Gasteiger partial charge in [0.15, 0.2) is 11.6 Å². The number of anilines is 1. The summed E-state index contributed by atoms with van der Waals surface area (Å²) in [5.74, 6) is 0.350. The van der Waals surface area contributed by atoms with E-state index in [1.165, 1.54) is 24.7 Å². The van der Waals surface area contributed by atoms with Gasteiger partial charge in [0.05, 0.1) is 18.1 Å². The zero-order valence-electron chi connectivity index (χ0n) is 14.5. The van der Waals surface area contributed by atoms with Gasteiger partial charge in [0, 0.05) is 29.0 Å². The highest BCUT2D eigenvalue weighted by molar-refractivity contribution is 5.64. The maximum absolute atomic E-state index is 15.4. The number of aromatic nitrogens is 3. The number of pyridine rings is 1. The van der Waals surface area contributed by atoms with Crippen LogP contribution in [0, 0.1) is 5.82 Å². The Hall–Kier alpha value is -3.09. The topological polar surface area (TPSA) is 73.9 Å². The summed E-state index contributed by atoms with van der Waals surface area (Å²) in [7, 11) is 0. The zero-order valence-corrected chi connectivity index (χ0v) is 14.5. The van der Waals surface area contributed by atoms with Crippen molar-refractivity contribution < 1.29 is 13.5 Å². The lowest BCUT2D eigenvalue weighted by Crippen LogP contribution is -2.11. The van der Waals surface area contributed by atoms with Gasteiger partial charge in [0.1, 0.15) is 12.5 Å². The second-order valence-electron chi connectivity index (χ2n) is 6.54. The van der Waals surface area contributed by atoms with Crippen molar-refractivity contribution in [3.05, 3.63) is 59.8 Å². The van der Waals surface area contributed by atoms with E-state index in [-0.39, 0.29) is 28.9 Å². The minimum Gasteiger partial charge on any atom is -0.436 e. The van der Waals surface area contributed by atoms with E-state index in [0.29, 0.717) is 11.3 Å². The SMILES string of the molecule is Nc1cnc(-c2ccc(C3CCC3)c(Oc3ccc(CF)cn3)c2F)cn1. The van der Waals surface area contributed by atoms with Gasteiger partial charge in [0.25, 0.3) is 0 Å². The molecule has 7 heteroatoms. The van der Waals surface area contributed by atoms with Gasteiger partial charge >= 0.3 is 0 Å². The van der Waals surface area contributed by atoms with Gasteiger partial charge in [-0.15, -0.1) is 0 Å². The van der Waals surface area contributed by atoms with Gasteiger partial charge in [-0.2, -0.15) is 0 Å². The first-order valence-electron chi connectivity index (χ1n) is 8.74. The number of hydrogen-bond donors (Lipinski definition) is 1. The largest absolute Gasteiger partial charge is 0.436 e. The summed E-state index contributed by atoms with van der Waals surface area (Å²) in [5, 5.41) is 0. The number of nitrogen functional groups attached to an aromatic ring is 1. The number of hydrogen-bond acceptors (Lipinski definition) is 5. The summed E-state index contributed by atoms with van der Waals surface area (Å²) in [6.45, 7) is -0.611. The zero-order chi connectivity index (χ0) is 18.8. The van der Waals surface area contributed by atoms with E-state index < -0.39 is 12.5 Å². The number of rotatable bonds is 5. The van der Waals surface area contributed by atoms with E-state index in [9.17, 15) is 4.39 Å². The first-order chi connectivity index (χ1) is 13.2. The van der Waals surface area contributed by atoms with Crippen molar-refractivity contribution in [2.75, 3.05) is 5.73 Å². The highest BCUT2D eigenvalue weighted by Gasteiger charge is 2.27. The fourth-order valence-corrected chi connectivity index (χ4v) is 3.05. The standard InChI is InChI=1S/C20H18F2N4O/c21-8-12-4-7-18(26-9-12)27-20-14(13-2-1-3-13)5-6-15(19(20)22)16-10-25-17(23)11-24-16/h4-7,9-11,13H,1-3,8H2,(H2,23,25). The Labute approximate surface area is 155 Å². The van der Waals surface area contributed by atoms with Crippen LogP contribution in [0.2, 0.25) is 0 Å². The molecule has 0 unspecified atom stereocenters. The van der Waals surface area contributed by atoms with Crippen molar-refractivity contribution in [1.82, 2.24) is 15.0 Å². The van der Waals surface area contributed by atoms with E-state index >= 15 is 4.39 Å². The summed E-state index contributed by atoms with van der Waals surface area (Å²) in [6, 6.07) is 6.66. The van der Waals surface area contributed by atoms with Gasteiger partial charge in [-0.25, -0.2) is 18.7 Å². The minimum atomic E-state index is -0.611. The van der Waals surface area contributed by atoms with Crippen molar-refractivity contribution in [3.63, 3.8) is 0 Å². The Kier molecular flexibility index (Phi) is 4.66. The third kappa shape index (κ3) is 3.45. The van der Waals surface area contributed by atoms with Gasteiger partial charge in [-0.3, -0.25) is 4.98 Å². The van der Waals surface area contributed by atoms with Crippen molar-refractivity contribution in [1.29, 1.82) is 0 Å². The van der Waals surface area contributed by atoms with E-state index in [1.807, 2.05) is 6.07 Å². The lowest BCUT2D eigenvalue weighted by molar-refractivity contribution is 0.378. The molecule has 2 heterocycles. The molecule has 4 rings (SSSR count). The number of nitrogens with two attached hydrogens (primary N) is 1. The van der Waals surface area contributed by atoms with Gasteiger partial charge in [-0.05, 0) is 30.9 Å². The molecule has 1 aliphatic carbocycles. The smallest absolute Gasteiger partial charge is 0.219 e. The molecule has 0 bridgehead atoms. The molecule has 5 nitrogen and oxygen atoms in total. The lowest BCUT2D eigenvalue weighted by atomic mass is 9.79. The fraction of sp³-hybridized carbons (Fsp3) is 0.250. The van der Waals surface area contributed by atoms with E-state index in [0.717, 1.165) is 24.8 Å². The van der Waals surface area contributed by atoms with Crippen LogP contribution < -0.4 is 10.5 Å². The molecule has 1 fully saturated rings. The number of benzene rings is 1. The van der Waals surface area contributed by atoms with E-state index in [2.05, 4.69) is 15.0 Å². The summed E-state index contributed by atoms with van der Waals surface area (Å²) >= 11 is 0. The molecule has 0 spiro atoms. The Bertz CT molecular complexity index is 941. The molecular formula is C20H18F2N4O. The van der Waals surface area contributed by atoms with E-state index in [4.69, 9.17) is 10.5 Å². The average Bonchev–Trinajstić information content (AvgIpc) is 2.65. The van der Waals surface area contributed by atoms with Crippen LogP contribution in [0.1, 0.15) is 36.3 Å². The van der Waals surface area contributed by atoms with Crippen LogP contribution in [0.3, 0.4) is 0 Å². The van der Waals surface area contributed by atoms with Gasteiger partial charge in [-0.1, -0.05) is 12.5 Å². The quantitative estimate of drug-likeness (QED) is 0.701. The monoisotopic (exact) mass is 368 g/mol. The predicted octanol–water partition coefficient (Wildman–Crippen LogP) is 4.79. The summed E-state index contributed by atoms with van der Waals surface area (Å²) in [5.41, 5.74) is 7.45. The number of ether oxygens (including phenoxy) is 1. The van der Waals surface area contributed by atoms with Crippen LogP contribution in [0.25, 0.3) is 11.3 Å². The summed E-state index contributed by atoms with van der Waals surface area (Å²) in [4.78, 5) is 12.2. The van der Waals surface area contributed by atoms with E-state index in [1.54, 1.807) is 12.1 Å². The molecular weight excluding hydrogens is 350 g/mol. The Balaban J connectivity index is 1.75. The predicted molar refractivity (Wildman–Crippen MR) is 97.6 cm³/mol. The van der Waals surface area contributed by atoms with Crippen LogP contribution in [-0.4, -0.2) is 15.0 Å². The number of halogens is 2. The minimum absolute atomic E-state index is 0.135. The van der Waals surface area contributed by atoms with Gasteiger partial charge < -0.3 is 10.5 Å². The Morgan fingerprint density at radius 2 is 1.89 bits per heavy atom. The summed E-state index contributed by atoms with van der Waals surface area (Å²) in [6.07, 6.45) is 7.28. The molecule has 0 amide bonds. The number of nitrogens with zero attached hydrogens (tertiary/aromatic N) is 3. The molecule has 2 aromatic heterocycles. The third-order valence-corrected chi connectivity index (χ3v) is 4.78. The second-order valence-corrected chi connectivity index (χ2v) is 6.54. The molecule has 27 heavy (non-hydrogen) atoms. The fourth-order valence-electron chi connectivity index (χ4n) is 3.05. The van der Waals surface area contributed by atoms with Crippen molar-refractivity contribution in [3.8, 4) is 22.9 Å². The highest BCUT2D eigenvalue weighted by atomic mass is 19.1. The van der Waals surface area contributed by atoms with Crippen LogP contribution in [-0.2, 0) is 6.67 Å². The molecule has 0 saturated heterocycles. The molecule has 1 aliphatic rings. The average molecular weight is 368 g/mol. The normalized spacial score (nSPS) is 14.0. The molecule has 0 atom stereocenters. The number of alkyl halides is 1. The molecule has 1 saturated carbocycles. The molecule has 0 radical (unpaired) electrons.